The maximum Gasteiger partial charge on any atom is 0.188 e. The molecule has 1 N–H and O–H groups in total. The predicted octanol–water partition coefficient (Wildman–Crippen LogP) is 3.18. The normalized spacial score (nSPS) is 26.7. The van der Waals surface area contributed by atoms with Gasteiger partial charge in [-0.1, -0.05) is 19.3 Å². The fourth-order valence-corrected chi connectivity index (χ4v) is 4.57. The van der Waals surface area contributed by atoms with Gasteiger partial charge in [-0.15, -0.1) is 0 Å². The number of thiocarbonyl (C=S) groups is 1. The van der Waals surface area contributed by atoms with Gasteiger partial charge in [0.15, 0.2) is 5.11 Å². The molecule has 19 heavy (non-hydrogen) atoms. The number of nitrogens with one attached hydrogen (secondary N) is 1. The summed E-state index contributed by atoms with van der Waals surface area (Å²) in [7, 11) is 4.18. The van der Waals surface area contributed by atoms with Gasteiger partial charge < -0.3 is 5.32 Å². The number of fused-ring (bicyclic) bond motifs is 1. The van der Waals surface area contributed by atoms with E-state index in [1.165, 1.54) is 63.5 Å². The molecular formula is C15H25N3S. The van der Waals surface area contributed by atoms with Gasteiger partial charge in [-0.3, -0.25) is 5.01 Å². The lowest BCUT2D eigenvalue weighted by molar-refractivity contribution is 0.116. The van der Waals surface area contributed by atoms with Crippen LogP contribution in [-0.4, -0.2) is 34.8 Å². The second-order valence-corrected chi connectivity index (χ2v) is 6.75. The van der Waals surface area contributed by atoms with Crippen LogP contribution in [0.1, 0.15) is 57.8 Å². The zero-order valence-corrected chi connectivity index (χ0v) is 13.0. The first kappa shape index (κ1) is 13.4. The quantitative estimate of drug-likeness (QED) is 0.743. The number of hydrogen-bond acceptors (Lipinski definition) is 2. The van der Waals surface area contributed by atoms with Gasteiger partial charge in [0.05, 0.1) is 5.54 Å². The Morgan fingerprint density at radius 2 is 1.74 bits per heavy atom. The summed E-state index contributed by atoms with van der Waals surface area (Å²) in [6, 6.07) is 0. The van der Waals surface area contributed by atoms with E-state index in [2.05, 4.69) is 29.4 Å². The van der Waals surface area contributed by atoms with Crippen molar-refractivity contribution in [2.24, 2.45) is 0 Å². The lowest BCUT2D eigenvalue weighted by Gasteiger charge is -2.51. The molecule has 3 nitrogen and oxygen atoms in total. The summed E-state index contributed by atoms with van der Waals surface area (Å²) < 4.78 is 0. The number of hydrazine groups is 1. The van der Waals surface area contributed by atoms with Crippen molar-refractivity contribution in [2.75, 3.05) is 14.1 Å². The first-order valence-electron chi connectivity index (χ1n) is 7.66. The molecule has 0 amide bonds. The molecule has 0 unspecified atom stereocenters. The van der Waals surface area contributed by atoms with E-state index in [0.29, 0.717) is 0 Å². The van der Waals surface area contributed by atoms with Crippen LogP contribution in [-0.2, 0) is 0 Å². The first-order chi connectivity index (χ1) is 9.14. The van der Waals surface area contributed by atoms with E-state index in [1.807, 2.05) is 0 Å². The van der Waals surface area contributed by atoms with Crippen molar-refractivity contribution in [2.45, 2.75) is 63.3 Å². The van der Waals surface area contributed by atoms with Gasteiger partial charge in [0.1, 0.15) is 0 Å². The average molecular weight is 279 g/mol. The molecule has 0 radical (unpaired) electrons. The van der Waals surface area contributed by atoms with Gasteiger partial charge in [0, 0.05) is 19.8 Å². The van der Waals surface area contributed by atoms with Crippen molar-refractivity contribution in [1.29, 1.82) is 0 Å². The van der Waals surface area contributed by atoms with Crippen molar-refractivity contribution in [3.05, 3.63) is 11.3 Å². The third-order valence-electron chi connectivity index (χ3n) is 4.92. The third kappa shape index (κ3) is 2.19. The number of rotatable bonds is 1. The SMILES string of the molecule is CN(C)N1C(=S)NC2(CCCCC2)C2=C1CCCC2. The lowest BCUT2D eigenvalue weighted by Crippen LogP contribution is -2.62. The van der Waals surface area contributed by atoms with Gasteiger partial charge in [-0.05, 0) is 56.3 Å². The van der Waals surface area contributed by atoms with Crippen LogP contribution in [0.3, 0.4) is 0 Å². The van der Waals surface area contributed by atoms with Crippen LogP contribution in [0.5, 0.6) is 0 Å². The van der Waals surface area contributed by atoms with Crippen LogP contribution < -0.4 is 5.32 Å². The topological polar surface area (TPSA) is 18.5 Å². The summed E-state index contributed by atoms with van der Waals surface area (Å²) in [5.41, 5.74) is 3.38. The van der Waals surface area contributed by atoms with Crippen molar-refractivity contribution in [1.82, 2.24) is 15.3 Å². The largest absolute Gasteiger partial charge is 0.352 e. The van der Waals surface area contributed by atoms with E-state index >= 15 is 0 Å². The third-order valence-corrected chi connectivity index (χ3v) is 5.19. The minimum absolute atomic E-state index is 0.206. The molecular weight excluding hydrogens is 254 g/mol. The smallest absolute Gasteiger partial charge is 0.188 e. The number of allylic oxidation sites excluding steroid dienone is 1. The highest BCUT2D eigenvalue weighted by molar-refractivity contribution is 7.80. The molecule has 3 rings (SSSR count). The molecule has 0 atom stereocenters. The van der Waals surface area contributed by atoms with Gasteiger partial charge in [0.2, 0.25) is 0 Å². The average Bonchev–Trinajstić information content (AvgIpc) is 2.39. The Bertz CT molecular complexity index is 408. The van der Waals surface area contributed by atoms with E-state index < -0.39 is 0 Å². The maximum absolute atomic E-state index is 5.66. The fraction of sp³-hybridized carbons (Fsp3) is 0.800. The standard InChI is InChI=1S/C15H25N3S/c1-17(2)18-13-9-5-4-8-12(13)15(16-14(18)19)10-6-3-7-11-15/h3-11H2,1-2H3,(H,16,19). The molecule has 1 spiro atoms. The number of nitrogens with zero attached hydrogens (tertiary/aromatic N) is 2. The highest BCUT2D eigenvalue weighted by atomic mass is 32.1. The molecule has 1 saturated carbocycles. The van der Waals surface area contributed by atoms with Crippen molar-refractivity contribution in [3.8, 4) is 0 Å². The number of hydrogen-bond donors (Lipinski definition) is 1. The van der Waals surface area contributed by atoms with Gasteiger partial charge in [0.25, 0.3) is 0 Å². The molecule has 1 heterocycles. The molecule has 0 aromatic carbocycles. The van der Waals surface area contributed by atoms with Crippen LogP contribution in [0.15, 0.2) is 11.3 Å². The zero-order chi connectivity index (χ0) is 13.5. The van der Waals surface area contributed by atoms with Crippen molar-refractivity contribution >= 4 is 17.3 Å². The van der Waals surface area contributed by atoms with Gasteiger partial charge in [-0.25, -0.2) is 5.01 Å². The summed E-state index contributed by atoms with van der Waals surface area (Å²) in [6.07, 6.45) is 11.7. The zero-order valence-electron chi connectivity index (χ0n) is 12.2. The molecule has 0 saturated heterocycles. The summed E-state index contributed by atoms with van der Waals surface area (Å²) in [5, 5.41) is 8.99. The summed E-state index contributed by atoms with van der Waals surface area (Å²) in [6.45, 7) is 0. The summed E-state index contributed by atoms with van der Waals surface area (Å²) in [5.74, 6) is 0. The Kier molecular flexibility index (Phi) is 3.56. The van der Waals surface area contributed by atoms with Crippen LogP contribution in [0.2, 0.25) is 0 Å². The second kappa shape index (κ2) is 5.06. The van der Waals surface area contributed by atoms with Crippen LogP contribution in [0, 0.1) is 0 Å². The molecule has 1 aliphatic heterocycles. The monoisotopic (exact) mass is 279 g/mol. The Balaban J connectivity index is 2.04. The van der Waals surface area contributed by atoms with Crippen LogP contribution in [0.25, 0.3) is 0 Å². The fourth-order valence-electron chi connectivity index (χ4n) is 4.10. The first-order valence-corrected chi connectivity index (χ1v) is 8.07. The second-order valence-electron chi connectivity index (χ2n) is 6.36. The predicted molar refractivity (Wildman–Crippen MR) is 82.6 cm³/mol. The van der Waals surface area contributed by atoms with Crippen LogP contribution >= 0.6 is 12.2 Å². The lowest BCUT2D eigenvalue weighted by atomic mass is 9.71. The Morgan fingerprint density at radius 3 is 2.42 bits per heavy atom. The molecule has 0 aromatic rings. The van der Waals surface area contributed by atoms with Crippen molar-refractivity contribution < 1.29 is 0 Å². The van der Waals surface area contributed by atoms with E-state index in [-0.39, 0.29) is 5.54 Å². The Morgan fingerprint density at radius 1 is 1.05 bits per heavy atom. The molecule has 4 heteroatoms. The highest BCUT2D eigenvalue weighted by Crippen LogP contribution is 2.44. The molecule has 2 aliphatic carbocycles. The van der Waals surface area contributed by atoms with Crippen LogP contribution in [0.4, 0.5) is 0 Å². The minimum Gasteiger partial charge on any atom is -0.352 e. The minimum atomic E-state index is 0.206. The van der Waals surface area contributed by atoms with E-state index in [9.17, 15) is 0 Å². The van der Waals surface area contributed by atoms with E-state index in [4.69, 9.17) is 12.2 Å². The van der Waals surface area contributed by atoms with Crippen molar-refractivity contribution in [3.63, 3.8) is 0 Å². The molecule has 0 aromatic heterocycles. The van der Waals surface area contributed by atoms with E-state index in [0.717, 1.165) is 5.11 Å². The van der Waals surface area contributed by atoms with Gasteiger partial charge in [-0.2, -0.15) is 0 Å². The molecule has 0 bridgehead atoms. The molecule has 1 fully saturated rings. The van der Waals surface area contributed by atoms with Gasteiger partial charge >= 0.3 is 0 Å². The Hall–Kier alpha value is -0.610. The maximum atomic E-state index is 5.66. The molecule has 106 valence electrons. The Labute approximate surface area is 122 Å². The molecule has 3 aliphatic rings. The van der Waals surface area contributed by atoms with E-state index in [1.54, 1.807) is 5.57 Å². The summed E-state index contributed by atoms with van der Waals surface area (Å²) >= 11 is 5.66. The summed E-state index contributed by atoms with van der Waals surface area (Å²) in [4.78, 5) is 0. The highest BCUT2D eigenvalue weighted by Gasteiger charge is 2.44.